The summed E-state index contributed by atoms with van der Waals surface area (Å²) in [6, 6.07) is 8.40. The molecule has 0 bridgehead atoms. The fraction of sp³-hybridized carbons (Fsp3) is 0.529. The summed E-state index contributed by atoms with van der Waals surface area (Å²) in [4.78, 5) is 18.7. The Balaban J connectivity index is 2.10. The van der Waals surface area contributed by atoms with Gasteiger partial charge in [0.15, 0.2) is 0 Å². The largest absolute Gasteiger partial charge is 0.333 e. The van der Waals surface area contributed by atoms with E-state index in [1.165, 1.54) is 5.52 Å². The summed E-state index contributed by atoms with van der Waals surface area (Å²) in [5.74, 6) is 1.76. The number of benzene rings is 1. The standard InChI is InChI=1S/C17H23N3O/c1-12(2)11-20-15-8-5-4-7-14(15)18-17(20)16-9-6-10-19(16)13(3)21/h4-5,7-8,12,16H,6,9-11H2,1-3H3/t16-/m0/s1. The Bertz CT molecular complexity index is 659. The van der Waals surface area contributed by atoms with Crippen LogP contribution in [0.5, 0.6) is 0 Å². The number of hydrogen-bond acceptors (Lipinski definition) is 2. The Morgan fingerprint density at radius 3 is 2.86 bits per heavy atom. The molecule has 4 nitrogen and oxygen atoms in total. The highest BCUT2D eigenvalue weighted by molar-refractivity contribution is 5.77. The first-order chi connectivity index (χ1) is 10.1. The SMILES string of the molecule is CC(=O)N1CCC[C@H]1c1nc2ccccc2n1CC(C)C. The molecule has 2 heterocycles. The molecule has 1 fully saturated rings. The molecule has 112 valence electrons. The lowest BCUT2D eigenvalue weighted by atomic mass is 10.1. The van der Waals surface area contributed by atoms with Crippen molar-refractivity contribution >= 4 is 16.9 Å². The average molecular weight is 285 g/mol. The van der Waals surface area contributed by atoms with Gasteiger partial charge in [-0.25, -0.2) is 4.98 Å². The van der Waals surface area contributed by atoms with Gasteiger partial charge in [-0.1, -0.05) is 26.0 Å². The maximum atomic E-state index is 11.9. The fourth-order valence-corrected chi connectivity index (χ4v) is 3.32. The average Bonchev–Trinajstić information content (AvgIpc) is 3.03. The number of para-hydroxylation sites is 2. The van der Waals surface area contributed by atoms with Crippen LogP contribution >= 0.6 is 0 Å². The number of fused-ring (bicyclic) bond motifs is 1. The zero-order valence-corrected chi connectivity index (χ0v) is 13.0. The van der Waals surface area contributed by atoms with E-state index >= 15 is 0 Å². The van der Waals surface area contributed by atoms with Crippen LogP contribution in [0.25, 0.3) is 11.0 Å². The Hall–Kier alpha value is -1.84. The molecule has 0 N–H and O–H groups in total. The highest BCUT2D eigenvalue weighted by atomic mass is 16.2. The van der Waals surface area contributed by atoms with Crippen molar-refractivity contribution in [2.24, 2.45) is 5.92 Å². The van der Waals surface area contributed by atoms with Crippen molar-refractivity contribution in [3.63, 3.8) is 0 Å². The fourth-order valence-electron chi connectivity index (χ4n) is 3.32. The monoisotopic (exact) mass is 285 g/mol. The zero-order chi connectivity index (χ0) is 15.0. The van der Waals surface area contributed by atoms with Crippen LogP contribution in [0.1, 0.15) is 45.5 Å². The number of likely N-dealkylation sites (tertiary alicyclic amines) is 1. The van der Waals surface area contributed by atoms with Crippen LogP contribution in [0.3, 0.4) is 0 Å². The van der Waals surface area contributed by atoms with E-state index in [-0.39, 0.29) is 11.9 Å². The highest BCUT2D eigenvalue weighted by Gasteiger charge is 2.32. The van der Waals surface area contributed by atoms with Crippen LogP contribution in [0.2, 0.25) is 0 Å². The van der Waals surface area contributed by atoms with Crippen LogP contribution in [-0.4, -0.2) is 26.9 Å². The smallest absolute Gasteiger partial charge is 0.220 e. The number of carbonyl (C=O) groups excluding carboxylic acids is 1. The van der Waals surface area contributed by atoms with Gasteiger partial charge in [0.25, 0.3) is 0 Å². The number of aromatic nitrogens is 2. The second kappa shape index (κ2) is 5.51. The van der Waals surface area contributed by atoms with Crippen molar-refractivity contribution in [3.8, 4) is 0 Å². The van der Waals surface area contributed by atoms with Crippen molar-refractivity contribution in [1.29, 1.82) is 0 Å². The molecule has 1 amide bonds. The Labute approximate surface area is 125 Å². The zero-order valence-electron chi connectivity index (χ0n) is 13.0. The molecule has 4 heteroatoms. The van der Waals surface area contributed by atoms with Gasteiger partial charge in [0.2, 0.25) is 5.91 Å². The van der Waals surface area contributed by atoms with Gasteiger partial charge in [-0.15, -0.1) is 0 Å². The number of carbonyl (C=O) groups is 1. The van der Waals surface area contributed by atoms with Gasteiger partial charge in [0.05, 0.1) is 17.1 Å². The van der Waals surface area contributed by atoms with Crippen LogP contribution in [0.4, 0.5) is 0 Å². The van der Waals surface area contributed by atoms with Gasteiger partial charge in [0, 0.05) is 20.0 Å². The number of hydrogen-bond donors (Lipinski definition) is 0. The predicted molar refractivity (Wildman–Crippen MR) is 83.9 cm³/mol. The van der Waals surface area contributed by atoms with Crippen LogP contribution in [0, 0.1) is 5.92 Å². The van der Waals surface area contributed by atoms with E-state index in [2.05, 4.69) is 36.6 Å². The second-order valence-electron chi connectivity index (χ2n) is 6.33. The number of imidazole rings is 1. The molecule has 1 saturated heterocycles. The second-order valence-corrected chi connectivity index (χ2v) is 6.33. The molecule has 1 atom stereocenters. The molecule has 3 rings (SSSR count). The molecule has 1 aliphatic heterocycles. The van der Waals surface area contributed by atoms with Crippen LogP contribution < -0.4 is 0 Å². The third kappa shape index (κ3) is 2.55. The van der Waals surface area contributed by atoms with Crippen LogP contribution in [-0.2, 0) is 11.3 Å². The summed E-state index contributed by atoms with van der Waals surface area (Å²) < 4.78 is 2.31. The molecule has 1 aromatic carbocycles. The third-order valence-corrected chi connectivity index (χ3v) is 4.19. The van der Waals surface area contributed by atoms with Crippen molar-refractivity contribution in [3.05, 3.63) is 30.1 Å². The number of nitrogens with zero attached hydrogens (tertiary/aromatic N) is 3. The van der Waals surface area contributed by atoms with E-state index in [4.69, 9.17) is 4.98 Å². The molecule has 0 spiro atoms. The molecular weight excluding hydrogens is 262 g/mol. The van der Waals surface area contributed by atoms with Crippen molar-refractivity contribution in [2.45, 2.75) is 46.2 Å². The quantitative estimate of drug-likeness (QED) is 0.867. The lowest BCUT2D eigenvalue weighted by Crippen LogP contribution is -2.30. The minimum absolute atomic E-state index is 0.133. The Kier molecular flexibility index (Phi) is 3.70. The molecular formula is C17H23N3O. The van der Waals surface area contributed by atoms with Gasteiger partial charge in [-0.3, -0.25) is 4.79 Å². The summed E-state index contributed by atoms with van der Waals surface area (Å²) in [6.45, 7) is 7.89. The predicted octanol–water partition coefficient (Wildman–Crippen LogP) is 3.38. The number of rotatable bonds is 3. The summed E-state index contributed by atoms with van der Waals surface area (Å²) in [7, 11) is 0. The van der Waals surface area contributed by atoms with E-state index in [1.54, 1.807) is 6.92 Å². The van der Waals surface area contributed by atoms with Gasteiger partial charge >= 0.3 is 0 Å². The molecule has 2 aromatic rings. The Morgan fingerprint density at radius 1 is 1.38 bits per heavy atom. The lowest BCUT2D eigenvalue weighted by molar-refractivity contribution is -0.129. The Morgan fingerprint density at radius 2 is 2.14 bits per heavy atom. The van der Waals surface area contributed by atoms with E-state index in [0.717, 1.165) is 37.3 Å². The molecule has 0 saturated carbocycles. The minimum Gasteiger partial charge on any atom is -0.333 e. The minimum atomic E-state index is 0.133. The molecule has 0 unspecified atom stereocenters. The van der Waals surface area contributed by atoms with Gasteiger partial charge in [-0.05, 0) is 30.9 Å². The first-order valence-corrected chi connectivity index (χ1v) is 7.80. The summed E-state index contributed by atoms with van der Waals surface area (Å²) in [5.41, 5.74) is 2.21. The third-order valence-electron chi connectivity index (χ3n) is 4.19. The topological polar surface area (TPSA) is 38.1 Å². The first kappa shape index (κ1) is 14.1. The maximum absolute atomic E-state index is 11.9. The van der Waals surface area contributed by atoms with Gasteiger partial charge < -0.3 is 9.47 Å². The van der Waals surface area contributed by atoms with Crippen molar-refractivity contribution < 1.29 is 4.79 Å². The van der Waals surface area contributed by atoms with Crippen LogP contribution in [0.15, 0.2) is 24.3 Å². The first-order valence-electron chi connectivity index (χ1n) is 7.80. The van der Waals surface area contributed by atoms with E-state index in [1.807, 2.05) is 11.0 Å². The maximum Gasteiger partial charge on any atom is 0.220 e. The molecule has 1 aromatic heterocycles. The van der Waals surface area contributed by atoms with E-state index < -0.39 is 0 Å². The molecule has 0 aliphatic carbocycles. The summed E-state index contributed by atoms with van der Waals surface area (Å²) >= 11 is 0. The highest BCUT2D eigenvalue weighted by Crippen LogP contribution is 2.33. The normalized spacial score (nSPS) is 18.9. The lowest BCUT2D eigenvalue weighted by Gasteiger charge is -2.24. The van der Waals surface area contributed by atoms with E-state index in [0.29, 0.717) is 5.92 Å². The summed E-state index contributed by atoms with van der Waals surface area (Å²) in [5, 5.41) is 0. The number of amides is 1. The molecule has 0 radical (unpaired) electrons. The van der Waals surface area contributed by atoms with Gasteiger partial charge in [0.1, 0.15) is 5.82 Å². The van der Waals surface area contributed by atoms with Crippen molar-refractivity contribution in [2.75, 3.05) is 6.54 Å². The molecule has 21 heavy (non-hydrogen) atoms. The van der Waals surface area contributed by atoms with Gasteiger partial charge in [-0.2, -0.15) is 0 Å². The van der Waals surface area contributed by atoms with E-state index in [9.17, 15) is 4.79 Å². The van der Waals surface area contributed by atoms with Crippen molar-refractivity contribution in [1.82, 2.24) is 14.5 Å². The summed E-state index contributed by atoms with van der Waals surface area (Å²) in [6.07, 6.45) is 2.08. The molecule has 1 aliphatic rings.